The van der Waals surface area contributed by atoms with Gasteiger partial charge in [-0.2, -0.15) is 4.31 Å². The van der Waals surface area contributed by atoms with Gasteiger partial charge in [0.2, 0.25) is 0 Å². The third-order valence-corrected chi connectivity index (χ3v) is 11.5. The minimum absolute atomic E-state index is 0.000463. The zero-order valence-corrected chi connectivity index (χ0v) is 25.8. The second-order valence-electron chi connectivity index (χ2n) is 10.3. The minimum atomic E-state index is -3.76. The van der Waals surface area contributed by atoms with Gasteiger partial charge in [-0.3, -0.25) is 0 Å². The lowest BCUT2D eigenvalue weighted by Gasteiger charge is -2.31. The van der Waals surface area contributed by atoms with E-state index in [1.807, 2.05) is 54.6 Å². The van der Waals surface area contributed by atoms with Crippen LogP contribution in [0.4, 0.5) is 5.82 Å². The van der Waals surface area contributed by atoms with Crippen molar-refractivity contribution in [2.24, 2.45) is 0 Å². The highest BCUT2D eigenvalue weighted by molar-refractivity contribution is 7.91. The third kappa shape index (κ3) is 6.25. The fraction of sp³-hybridized carbons (Fsp3) is 0.194. The molecule has 0 atom stereocenters. The van der Waals surface area contributed by atoms with Crippen molar-refractivity contribution in [1.29, 1.82) is 0 Å². The van der Waals surface area contributed by atoms with Crippen molar-refractivity contribution in [3.05, 3.63) is 117 Å². The molecule has 0 spiro atoms. The molecule has 6 rings (SSSR count). The van der Waals surface area contributed by atoms with Gasteiger partial charge in [0.1, 0.15) is 21.2 Å². The maximum Gasteiger partial charge on any atom is 0.345 e. The van der Waals surface area contributed by atoms with E-state index in [1.165, 1.54) is 22.8 Å². The Kier molecular flexibility index (Phi) is 8.39. The van der Waals surface area contributed by atoms with Crippen LogP contribution in [0.25, 0.3) is 10.9 Å². The number of aromatic nitrogens is 2. The van der Waals surface area contributed by atoms with Crippen LogP contribution >= 0.6 is 34.5 Å². The van der Waals surface area contributed by atoms with Crippen LogP contribution in [0.15, 0.2) is 89.4 Å². The highest BCUT2D eigenvalue weighted by atomic mass is 35.5. The minimum Gasteiger partial charge on any atom is -0.477 e. The first-order valence-electron chi connectivity index (χ1n) is 13.5. The molecule has 43 heavy (non-hydrogen) atoms. The van der Waals surface area contributed by atoms with Crippen molar-refractivity contribution in [3.63, 3.8) is 0 Å². The van der Waals surface area contributed by atoms with Gasteiger partial charge in [-0.15, -0.1) is 11.3 Å². The van der Waals surface area contributed by atoms with Crippen LogP contribution in [0.1, 0.15) is 45.1 Å². The van der Waals surface area contributed by atoms with Crippen LogP contribution in [0.5, 0.6) is 0 Å². The summed E-state index contributed by atoms with van der Waals surface area (Å²) in [4.78, 5) is 20.3. The Morgan fingerprint density at radius 3 is 2.07 bits per heavy atom. The maximum absolute atomic E-state index is 13.1. The highest BCUT2D eigenvalue weighted by Crippen LogP contribution is 2.36. The Morgan fingerprint density at radius 1 is 0.884 bits per heavy atom. The molecule has 2 aromatic heterocycles. The SMILES string of the molecule is O=C(O)c1ccc(S(=O)(=O)N2CCC(Nc3ncnc4ccc(C(c5ccc(Cl)cc5)c5ccc(Cl)cc5)cc34)CC2)s1. The maximum atomic E-state index is 13.1. The Hall–Kier alpha value is -3.54. The van der Waals surface area contributed by atoms with Gasteiger partial charge in [0, 0.05) is 40.5 Å². The number of carbonyl (C=O) groups is 1. The van der Waals surface area contributed by atoms with E-state index in [1.54, 1.807) is 0 Å². The van der Waals surface area contributed by atoms with E-state index in [2.05, 4.69) is 27.4 Å². The van der Waals surface area contributed by atoms with Crippen LogP contribution in [0, 0.1) is 0 Å². The van der Waals surface area contributed by atoms with Gasteiger partial charge in [-0.25, -0.2) is 23.2 Å². The molecule has 1 saturated heterocycles. The van der Waals surface area contributed by atoms with E-state index in [-0.39, 0.29) is 21.0 Å². The lowest BCUT2D eigenvalue weighted by molar-refractivity contribution is 0.0702. The van der Waals surface area contributed by atoms with Gasteiger partial charge in [0.25, 0.3) is 10.0 Å². The van der Waals surface area contributed by atoms with Crippen molar-refractivity contribution in [3.8, 4) is 0 Å². The average molecular weight is 654 g/mol. The predicted octanol–water partition coefficient (Wildman–Crippen LogP) is 7.14. The Balaban J connectivity index is 1.25. The summed E-state index contributed by atoms with van der Waals surface area (Å²) in [5.41, 5.74) is 3.99. The quantitative estimate of drug-likeness (QED) is 0.171. The second kappa shape index (κ2) is 12.2. The Morgan fingerprint density at radius 2 is 1.49 bits per heavy atom. The summed E-state index contributed by atoms with van der Waals surface area (Å²) >= 11 is 13.2. The normalized spacial score (nSPS) is 14.8. The first-order valence-corrected chi connectivity index (χ1v) is 16.6. The van der Waals surface area contributed by atoms with E-state index in [4.69, 9.17) is 23.2 Å². The number of anilines is 1. The van der Waals surface area contributed by atoms with Gasteiger partial charge < -0.3 is 10.4 Å². The number of fused-ring (bicyclic) bond motifs is 1. The molecule has 1 fully saturated rings. The first-order chi connectivity index (χ1) is 20.7. The molecule has 0 saturated carbocycles. The summed E-state index contributed by atoms with van der Waals surface area (Å²) < 4.78 is 27.7. The molecule has 1 aliphatic rings. The van der Waals surface area contributed by atoms with Gasteiger partial charge in [-0.05, 0) is 78.1 Å². The number of carboxylic acid groups (broad SMARTS) is 1. The van der Waals surface area contributed by atoms with Gasteiger partial charge in [0.15, 0.2) is 0 Å². The average Bonchev–Trinajstić information content (AvgIpc) is 3.52. The third-order valence-electron chi connectivity index (χ3n) is 7.58. The number of hydrogen-bond acceptors (Lipinski definition) is 7. The molecular formula is C31H26Cl2N4O4S2. The molecule has 0 bridgehead atoms. The van der Waals surface area contributed by atoms with Crippen LogP contribution < -0.4 is 5.32 Å². The summed E-state index contributed by atoms with van der Waals surface area (Å²) in [5.74, 6) is -0.537. The first kappa shape index (κ1) is 29.5. The van der Waals surface area contributed by atoms with E-state index in [0.717, 1.165) is 38.9 Å². The molecule has 220 valence electrons. The molecule has 8 nitrogen and oxygen atoms in total. The molecule has 3 heterocycles. The summed E-state index contributed by atoms with van der Waals surface area (Å²) in [6.07, 6.45) is 2.66. The number of halogens is 2. The van der Waals surface area contributed by atoms with E-state index < -0.39 is 16.0 Å². The number of nitrogens with one attached hydrogen (secondary N) is 1. The molecule has 5 aromatic rings. The number of hydrogen-bond donors (Lipinski definition) is 2. The van der Waals surface area contributed by atoms with Crippen molar-refractivity contribution >= 4 is 67.3 Å². The summed E-state index contributed by atoms with van der Waals surface area (Å²) in [5, 5.41) is 14.9. The van der Waals surface area contributed by atoms with Crippen LogP contribution in [0.2, 0.25) is 10.0 Å². The van der Waals surface area contributed by atoms with Crippen molar-refractivity contribution in [1.82, 2.24) is 14.3 Å². The zero-order chi connectivity index (χ0) is 30.1. The number of thiophene rings is 1. The molecule has 0 amide bonds. The Bertz CT molecular complexity index is 1840. The molecule has 0 aliphatic carbocycles. The number of benzene rings is 3. The number of sulfonamides is 1. The molecule has 0 unspecified atom stereocenters. The standard InChI is InChI=1S/C31H26Cl2N4O4S2/c32-22-6-1-19(2-7-22)29(20-3-8-23(33)9-4-20)21-5-10-26-25(17-21)30(35-18-34-26)36-24-13-15-37(16-14-24)43(40,41)28-12-11-27(42-28)31(38)39/h1-12,17-18,24,29H,13-16H2,(H,38,39)(H,34,35,36). The highest BCUT2D eigenvalue weighted by Gasteiger charge is 2.31. The number of rotatable bonds is 8. The largest absolute Gasteiger partial charge is 0.477 e. The molecule has 1 aliphatic heterocycles. The van der Waals surface area contributed by atoms with Crippen LogP contribution in [0.3, 0.4) is 0 Å². The van der Waals surface area contributed by atoms with Crippen LogP contribution in [-0.2, 0) is 10.0 Å². The lowest BCUT2D eigenvalue weighted by Crippen LogP contribution is -2.42. The molecular weight excluding hydrogens is 627 g/mol. The fourth-order valence-corrected chi connectivity index (χ4v) is 8.41. The molecule has 2 N–H and O–H groups in total. The monoisotopic (exact) mass is 652 g/mol. The second-order valence-corrected chi connectivity index (χ2v) is 14.4. The van der Waals surface area contributed by atoms with Gasteiger partial charge in [-0.1, -0.05) is 53.5 Å². The number of aromatic carboxylic acids is 1. The van der Waals surface area contributed by atoms with Gasteiger partial charge in [0.05, 0.1) is 5.52 Å². The van der Waals surface area contributed by atoms with E-state index in [9.17, 15) is 18.3 Å². The summed E-state index contributed by atoms with van der Waals surface area (Å²) in [7, 11) is -3.76. The molecule has 0 radical (unpaired) electrons. The molecule has 3 aromatic carbocycles. The van der Waals surface area contributed by atoms with Crippen LogP contribution in [-0.4, -0.2) is 52.9 Å². The summed E-state index contributed by atoms with van der Waals surface area (Å²) in [6, 6.07) is 24.4. The number of nitrogens with zero attached hydrogens (tertiary/aromatic N) is 3. The van der Waals surface area contributed by atoms with Gasteiger partial charge >= 0.3 is 5.97 Å². The van der Waals surface area contributed by atoms with Crippen molar-refractivity contribution in [2.45, 2.75) is 29.0 Å². The number of piperidine rings is 1. The predicted molar refractivity (Wildman–Crippen MR) is 170 cm³/mol. The molecule has 12 heteroatoms. The zero-order valence-electron chi connectivity index (χ0n) is 22.7. The van der Waals surface area contributed by atoms with Crippen molar-refractivity contribution in [2.75, 3.05) is 18.4 Å². The lowest BCUT2D eigenvalue weighted by atomic mass is 9.84. The topological polar surface area (TPSA) is 112 Å². The summed E-state index contributed by atoms with van der Waals surface area (Å²) in [6.45, 7) is 0.619. The fourth-order valence-electron chi connectivity index (χ4n) is 5.39. The van der Waals surface area contributed by atoms with Crippen molar-refractivity contribution < 1.29 is 18.3 Å². The van der Waals surface area contributed by atoms with E-state index >= 15 is 0 Å². The number of carboxylic acids is 1. The smallest absolute Gasteiger partial charge is 0.345 e. The van der Waals surface area contributed by atoms with E-state index in [0.29, 0.717) is 41.8 Å². The Labute approximate surface area is 263 Å².